The van der Waals surface area contributed by atoms with Gasteiger partial charge >= 0.3 is 0 Å². The number of hydrogen-bond acceptors (Lipinski definition) is 1. The molecule has 1 N–H and O–H groups in total. The topological polar surface area (TPSA) is 12.0 Å². The monoisotopic (exact) mass is 155 g/mol. The van der Waals surface area contributed by atoms with E-state index >= 15 is 0 Å². The smallest absolute Gasteiger partial charge is 0.0244 e. The van der Waals surface area contributed by atoms with Crippen molar-refractivity contribution < 1.29 is 0 Å². The molecule has 0 aromatic carbocycles. The number of rotatable bonds is 6. The first-order chi connectivity index (χ1) is 5.20. The predicted octanol–water partition coefficient (Wildman–Crippen LogP) is 2.59. The third kappa shape index (κ3) is 6.11. The molecule has 1 atom stereocenters. The largest absolute Gasteiger partial charge is 0.311 e. The summed E-state index contributed by atoms with van der Waals surface area (Å²) in [5.74, 6) is 0.796. The van der Waals surface area contributed by atoms with Gasteiger partial charge in [0.05, 0.1) is 0 Å². The van der Waals surface area contributed by atoms with E-state index in [0.29, 0.717) is 6.04 Å². The van der Waals surface area contributed by atoms with Crippen molar-refractivity contribution in [3.05, 3.63) is 12.7 Å². The average Bonchev–Trinajstić information content (AvgIpc) is 1.98. The predicted molar refractivity (Wildman–Crippen MR) is 51.7 cm³/mol. The molecular weight excluding hydrogens is 134 g/mol. The molecule has 0 aromatic heterocycles. The van der Waals surface area contributed by atoms with E-state index in [1.165, 1.54) is 6.42 Å². The van der Waals surface area contributed by atoms with Gasteiger partial charge in [0.2, 0.25) is 0 Å². The second-order valence-corrected chi connectivity index (χ2v) is 3.39. The molecule has 0 amide bonds. The first-order valence-electron chi connectivity index (χ1n) is 4.56. The number of hydrogen-bond donors (Lipinski definition) is 1. The normalized spacial score (nSPS) is 13.5. The molecule has 0 aromatic rings. The second kappa shape index (κ2) is 6.41. The summed E-state index contributed by atoms with van der Waals surface area (Å²) in [6, 6.07) is 0.508. The van der Waals surface area contributed by atoms with Gasteiger partial charge in [-0.05, 0) is 25.3 Å². The van der Waals surface area contributed by atoms with Gasteiger partial charge < -0.3 is 5.32 Å². The van der Waals surface area contributed by atoms with Crippen LogP contribution < -0.4 is 5.32 Å². The highest BCUT2D eigenvalue weighted by atomic mass is 14.9. The third-order valence-electron chi connectivity index (χ3n) is 1.85. The van der Waals surface area contributed by atoms with Gasteiger partial charge in [-0.2, -0.15) is 0 Å². The minimum atomic E-state index is 0.508. The molecule has 0 saturated carbocycles. The van der Waals surface area contributed by atoms with Crippen LogP contribution in [0.5, 0.6) is 0 Å². The Bertz CT molecular complexity index is 97.0. The van der Waals surface area contributed by atoms with E-state index in [4.69, 9.17) is 0 Å². The van der Waals surface area contributed by atoms with E-state index in [1.807, 2.05) is 6.08 Å². The van der Waals surface area contributed by atoms with Gasteiger partial charge in [0, 0.05) is 6.04 Å². The minimum Gasteiger partial charge on any atom is -0.311 e. The summed E-state index contributed by atoms with van der Waals surface area (Å²) in [6.07, 6.45) is 4.38. The summed E-state index contributed by atoms with van der Waals surface area (Å²) in [4.78, 5) is 0. The quantitative estimate of drug-likeness (QED) is 0.581. The summed E-state index contributed by atoms with van der Waals surface area (Å²) in [7, 11) is 0. The number of nitrogens with one attached hydrogen (secondary N) is 1. The third-order valence-corrected chi connectivity index (χ3v) is 1.85. The van der Waals surface area contributed by atoms with Crippen LogP contribution in [0.25, 0.3) is 0 Å². The molecule has 0 aliphatic heterocycles. The summed E-state index contributed by atoms with van der Waals surface area (Å²) in [5.41, 5.74) is 0. The first-order valence-corrected chi connectivity index (χ1v) is 4.56. The van der Waals surface area contributed by atoms with Crippen LogP contribution in [0.4, 0.5) is 0 Å². The van der Waals surface area contributed by atoms with E-state index in [1.54, 1.807) is 0 Å². The lowest BCUT2D eigenvalue weighted by Crippen LogP contribution is -2.27. The van der Waals surface area contributed by atoms with Crippen LogP contribution in [0.3, 0.4) is 0 Å². The van der Waals surface area contributed by atoms with Crippen molar-refractivity contribution in [2.24, 2.45) is 5.92 Å². The van der Waals surface area contributed by atoms with Gasteiger partial charge in [-0.15, -0.1) is 6.58 Å². The van der Waals surface area contributed by atoms with Gasteiger partial charge in [-0.1, -0.05) is 26.8 Å². The standard InChI is InChI=1S/C10H21N/c1-5-10(6-2)11-8-7-9(3)4/h5,9-11H,1,6-8H2,2-4H3. The Balaban J connectivity index is 3.28. The Morgan fingerprint density at radius 2 is 2.09 bits per heavy atom. The van der Waals surface area contributed by atoms with Crippen molar-refractivity contribution in [1.82, 2.24) is 5.32 Å². The maximum absolute atomic E-state index is 3.77. The summed E-state index contributed by atoms with van der Waals surface area (Å²) in [6.45, 7) is 11.5. The molecule has 0 saturated heterocycles. The zero-order chi connectivity index (χ0) is 8.69. The van der Waals surface area contributed by atoms with Crippen molar-refractivity contribution in [1.29, 1.82) is 0 Å². The fourth-order valence-corrected chi connectivity index (χ4v) is 0.952. The highest BCUT2D eigenvalue weighted by Crippen LogP contribution is 1.98. The molecule has 1 heteroatoms. The van der Waals surface area contributed by atoms with E-state index in [9.17, 15) is 0 Å². The Labute approximate surface area is 70.9 Å². The van der Waals surface area contributed by atoms with E-state index in [-0.39, 0.29) is 0 Å². The van der Waals surface area contributed by atoms with Gasteiger partial charge in [0.15, 0.2) is 0 Å². The second-order valence-electron chi connectivity index (χ2n) is 3.39. The molecule has 1 unspecified atom stereocenters. The van der Waals surface area contributed by atoms with Crippen LogP contribution in [-0.4, -0.2) is 12.6 Å². The highest BCUT2D eigenvalue weighted by molar-refractivity contribution is 4.83. The van der Waals surface area contributed by atoms with Crippen LogP contribution >= 0.6 is 0 Å². The summed E-state index contributed by atoms with van der Waals surface area (Å²) < 4.78 is 0. The zero-order valence-electron chi connectivity index (χ0n) is 8.06. The first kappa shape index (κ1) is 10.7. The highest BCUT2D eigenvalue weighted by Gasteiger charge is 1.99. The molecule has 0 bridgehead atoms. The molecule has 66 valence electrons. The van der Waals surface area contributed by atoms with Crippen molar-refractivity contribution in [3.8, 4) is 0 Å². The molecule has 0 spiro atoms. The van der Waals surface area contributed by atoms with Gasteiger partial charge in [0.25, 0.3) is 0 Å². The lowest BCUT2D eigenvalue weighted by Gasteiger charge is -2.12. The summed E-state index contributed by atoms with van der Waals surface area (Å²) in [5, 5.41) is 3.43. The van der Waals surface area contributed by atoms with Crippen molar-refractivity contribution in [2.45, 2.75) is 39.7 Å². The Morgan fingerprint density at radius 3 is 2.45 bits per heavy atom. The van der Waals surface area contributed by atoms with Crippen molar-refractivity contribution in [2.75, 3.05) is 6.54 Å². The lowest BCUT2D eigenvalue weighted by molar-refractivity contribution is 0.502. The molecule has 1 nitrogen and oxygen atoms in total. The lowest BCUT2D eigenvalue weighted by atomic mass is 10.1. The van der Waals surface area contributed by atoms with Crippen LogP contribution in [0.1, 0.15) is 33.6 Å². The van der Waals surface area contributed by atoms with Crippen molar-refractivity contribution >= 4 is 0 Å². The molecule has 0 radical (unpaired) electrons. The van der Waals surface area contributed by atoms with Crippen molar-refractivity contribution in [3.63, 3.8) is 0 Å². The molecule has 11 heavy (non-hydrogen) atoms. The van der Waals surface area contributed by atoms with Gasteiger partial charge in [-0.3, -0.25) is 0 Å². The van der Waals surface area contributed by atoms with E-state index < -0.39 is 0 Å². The summed E-state index contributed by atoms with van der Waals surface area (Å²) >= 11 is 0. The Hall–Kier alpha value is -0.300. The zero-order valence-corrected chi connectivity index (χ0v) is 8.06. The molecule has 0 aliphatic rings. The van der Waals surface area contributed by atoms with Gasteiger partial charge in [0.1, 0.15) is 0 Å². The average molecular weight is 155 g/mol. The van der Waals surface area contributed by atoms with Crippen LogP contribution in [0.15, 0.2) is 12.7 Å². The van der Waals surface area contributed by atoms with Crippen LogP contribution in [0.2, 0.25) is 0 Å². The fraction of sp³-hybridized carbons (Fsp3) is 0.800. The molecular formula is C10H21N. The minimum absolute atomic E-state index is 0.508. The fourth-order valence-electron chi connectivity index (χ4n) is 0.952. The SMILES string of the molecule is C=CC(CC)NCCC(C)C. The molecule has 0 rings (SSSR count). The maximum Gasteiger partial charge on any atom is 0.0244 e. The van der Waals surface area contributed by atoms with E-state index in [2.05, 4.69) is 32.7 Å². The van der Waals surface area contributed by atoms with Crippen LogP contribution in [-0.2, 0) is 0 Å². The van der Waals surface area contributed by atoms with E-state index in [0.717, 1.165) is 18.9 Å². The Morgan fingerprint density at radius 1 is 1.45 bits per heavy atom. The molecule has 0 fully saturated rings. The van der Waals surface area contributed by atoms with Crippen LogP contribution in [0, 0.1) is 5.92 Å². The molecule has 0 aliphatic carbocycles. The maximum atomic E-state index is 3.77. The van der Waals surface area contributed by atoms with Gasteiger partial charge in [-0.25, -0.2) is 0 Å². The Kier molecular flexibility index (Phi) is 6.24. The molecule has 0 heterocycles.